The molecule has 0 amide bonds. The Labute approximate surface area is 92.1 Å². The Hall–Kier alpha value is -0.430. The molecule has 0 aromatic heterocycles. The minimum Gasteiger partial charge on any atom is -0.0564 e. The number of aryl methyl sites for hydroxylation is 3. The van der Waals surface area contributed by atoms with Gasteiger partial charge >= 0.3 is 0 Å². The predicted molar refractivity (Wildman–Crippen MR) is 68.4 cm³/mol. The Morgan fingerprint density at radius 1 is 1.07 bits per heavy atom. The highest BCUT2D eigenvalue weighted by molar-refractivity contribution is 7.78. The average Bonchev–Trinajstić information content (AvgIpc) is 2.11. The summed E-state index contributed by atoms with van der Waals surface area (Å²) in [6.45, 7) is 6.61. The van der Waals surface area contributed by atoms with Crippen LogP contribution in [0.15, 0.2) is 18.2 Å². The van der Waals surface area contributed by atoms with E-state index in [1.54, 1.807) is 11.8 Å². The fraction of sp³-hybridized carbons (Fsp3) is 0.538. The maximum atomic E-state index is 2.32. The minimum atomic E-state index is 1.25. The fourth-order valence-electron chi connectivity index (χ4n) is 1.77. The van der Waals surface area contributed by atoms with E-state index in [0.29, 0.717) is 0 Å². The molecular weight excluding hydrogens is 188 g/mol. The highest BCUT2D eigenvalue weighted by Crippen LogP contribution is 2.10. The summed E-state index contributed by atoms with van der Waals surface area (Å²) in [5.41, 5.74) is 4.30. The lowest BCUT2D eigenvalue weighted by Gasteiger charge is -2.03. The molecule has 0 bridgehead atoms. The van der Waals surface area contributed by atoms with Crippen molar-refractivity contribution in [2.75, 3.05) is 11.5 Å². The molecule has 0 aliphatic rings. The van der Waals surface area contributed by atoms with E-state index >= 15 is 0 Å². The monoisotopic (exact) mass is 209 g/mol. The van der Waals surface area contributed by atoms with Gasteiger partial charge in [0.25, 0.3) is 0 Å². The highest BCUT2D eigenvalue weighted by Gasteiger charge is 1.98. The number of rotatable bonds is 5. The van der Waals surface area contributed by atoms with Gasteiger partial charge < -0.3 is 0 Å². The Morgan fingerprint density at radius 3 is 2.29 bits per heavy atom. The van der Waals surface area contributed by atoms with Gasteiger partial charge in [-0.05, 0) is 50.9 Å². The number of benzene rings is 1. The second-order valence-electron chi connectivity index (χ2n) is 3.86. The molecule has 0 saturated heterocycles. The fourth-order valence-corrected chi connectivity index (χ4v) is 2.46. The number of hydrogen-bond donors (Lipinski definition) is 0. The van der Waals surface area contributed by atoms with Crippen molar-refractivity contribution in [2.45, 2.75) is 33.6 Å². The number of thiol groups is 1. The van der Waals surface area contributed by atoms with Crippen molar-refractivity contribution in [3.05, 3.63) is 34.9 Å². The van der Waals surface area contributed by atoms with Crippen LogP contribution in [0.1, 0.15) is 30.0 Å². The molecule has 0 aliphatic carbocycles. The third kappa shape index (κ3) is 4.19. The third-order valence-electron chi connectivity index (χ3n) is 2.29. The summed E-state index contributed by atoms with van der Waals surface area (Å²) in [6, 6.07) is 6.87. The molecule has 0 unspecified atom stereocenters. The largest absolute Gasteiger partial charge is 0.106 e. The van der Waals surface area contributed by atoms with Crippen LogP contribution in [0.3, 0.4) is 0 Å². The summed E-state index contributed by atoms with van der Waals surface area (Å²) in [7, 11) is 0. The van der Waals surface area contributed by atoms with E-state index in [0.717, 1.165) is 0 Å². The molecular formula is C13H21S+. The van der Waals surface area contributed by atoms with Gasteiger partial charge in [0.1, 0.15) is 11.5 Å². The van der Waals surface area contributed by atoms with E-state index in [4.69, 9.17) is 0 Å². The Kier molecular flexibility index (Phi) is 5.10. The Morgan fingerprint density at radius 2 is 1.71 bits per heavy atom. The molecule has 0 atom stereocenters. The lowest BCUT2D eigenvalue weighted by Crippen LogP contribution is -1.95. The van der Waals surface area contributed by atoms with Crippen molar-refractivity contribution in [2.24, 2.45) is 0 Å². The zero-order chi connectivity index (χ0) is 10.4. The summed E-state index contributed by atoms with van der Waals surface area (Å²) in [6.07, 6.45) is 2.58. The van der Waals surface area contributed by atoms with Crippen molar-refractivity contribution in [1.29, 1.82) is 0 Å². The summed E-state index contributed by atoms with van der Waals surface area (Å²) in [4.78, 5) is 0. The molecule has 1 aromatic rings. The summed E-state index contributed by atoms with van der Waals surface area (Å²) >= 11 is 1.60. The van der Waals surface area contributed by atoms with E-state index in [9.17, 15) is 0 Å². The highest BCUT2D eigenvalue weighted by atomic mass is 32.2. The maximum absolute atomic E-state index is 2.32. The van der Waals surface area contributed by atoms with Crippen LogP contribution in [-0.4, -0.2) is 11.5 Å². The molecule has 0 fully saturated rings. The molecule has 14 heavy (non-hydrogen) atoms. The van der Waals surface area contributed by atoms with Crippen LogP contribution in [0.4, 0.5) is 0 Å². The average molecular weight is 209 g/mol. The quantitative estimate of drug-likeness (QED) is 0.397. The molecule has 0 heterocycles. The van der Waals surface area contributed by atoms with E-state index in [1.807, 2.05) is 0 Å². The first-order chi connectivity index (χ1) is 6.72. The lowest BCUT2D eigenvalue weighted by atomic mass is 10.0. The summed E-state index contributed by atoms with van der Waals surface area (Å²) in [5, 5.41) is 0. The van der Waals surface area contributed by atoms with Gasteiger partial charge in [-0.15, -0.1) is 0 Å². The van der Waals surface area contributed by atoms with Crippen LogP contribution in [0.25, 0.3) is 0 Å². The van der Waals surface area contributed by atoms with E-state index < -0.39 is 0 Å². The van der Waals surface area contributed by atoms with Gasteiger partial charge in [-0.3, -0.25) is 0 Å². The molecule has 78 valence electrons. The molecule has 0 saturated carbocycles. The molecule has 1 aromatic carbocycles. The van der Waals surface area contributed by atoms with Gasteiger partial charge in [0, 0.05) is 0 Å². The zero-order valence-electron chi connectivity index (χ0n) is 9.51. The Balaban J connectivity index is 2.42. The van der Waals surface area contributed by atoms with Crippen LogP contribution in [-0.2, 0) is 18.2 Å². The molecule has 1 heteroatoms. The van der Waals surface area contributed by atoms with Crippen molar-refractivity contribution < 1.29 is 0 Å². The Bertz CT molecular complexity index is 258. The maximum Gasteiger partial charge on any atom is 0.106 e. The van der Waals surface area contributed by atoms with Crippen LogP contribution < -0.4 is 0 Å². The third-order valence-corrected chi connectivity index (χ3v) is 3.37. The molecule has 0 nitrogen and oxygen atoms in total. The summed E-state index contributed by atoms with van der Waals surface area (Å²) < 4.78 is 0. The van der Waals surface area contributed by atoms with Crippen LogP contribution in [0, 0.1) is 13.8 Å². The van der Waals surface area contributed by atoms with Gasteiger partial charge in [-0.2, -0.15) is 0 Å². The first-order valence-corrected chi connectivity index (χ1v) is 6.69. The van der Waals surface area contributed by atoms with E-state index in [-0.39, 0.29) is 0 Å². The van der Waals surface area contributed by atoms with Gasteiger partial charge in [-0.25, -0.2) is 0 Å². The molecule has 0 radical (unpaired) electrons. The van der Waals surface area contributed by atoms with Crippen molar-refractivity contribution >= 4 is 11.8 Å². The molecule has 1 rings (SSSR count). The first-order valence-electron chi connectivity index (χ1n) is 5.43. The van der Waals surface area contributed by atoms with Gasteiger partial charge in [0.05, 0.1) is 0 Å². The van der Waals surface area contributed by atoms with Crippen molar-refractivity contribution in [3.8, 4) is 0 Å². The van der Waals surface area contributed by atoms with Crippen LogP contribution >= 0.6 is 0 Å². The smallest absolute Gasteiger partial charge is 0.0564 e. The van der Waals surface area contributed by atoms with Crippen LogP contribution in [0.5, 0.6) is 0 Å². The molecule has 0 aliphatic heterocycles. The van der Waals surface area contributed by atoms with Crippen molar-refractivity contribution in [1.82, 2.24) is 0 Å². The normalized spacial score (nSPS) is 10.5. The SMILES string of the molecule is CC[SH+]CCCc1cc(C)cc(C)c1. The summed E-state index contributed by atoms with van der Waals surface area (Å²) in [5.74, 6) is 2.65. The van der Waals surface area contributed by atoms with Gasteiger partial charge in [0.15, 0.2) is 0 Å². The van der Waals surface area contributed by atoms with Gasteiger partial charge in [0.2, 0.25) is 0 Å². The predicted octanol–water partition coefficient (Wildman–Crippen LogP) is 3.07. The van der Waals surface area contributed by atoms with Crippen molar-refractivity contribution in [3.63, 3.8) is 0 Å². The molecule has 0 spiro atoms. The van der Waals surface area contributed by atoms with E-state index in [1.165, 1.54) is 41.0 Å². The van der Waals surface area contributed by atoms with Gasteiger partial charge in [-0.1, -0.05) is 29.3 Å². The number of hydrogen-bond acceptors (Lipinski definition) is 0. The minimum absolute atomic E-state index is 1.25. The topological polar surface area (TPSA) is 0 Å². The lowest BCUT2D eigenvalue weighted by molar-refractivity contribution is 0.928. The second-order valence-corrected chi connectivity index (χ2v) is 5.39. The van der Waals surface area contributed by atoms with E-state index in [2.05, 4.69) is 39.0 Å². The van der Waals surface area contributed by atoms with Crippen LogP contribution in [0.2, 0.25) is 0 Å². The molecule has 0 N–H and O–H groups in total. The standard InChI is InChI=1S/C13H20S/c1-4-14-7-5-6-13-9-11(2)8-12(3)10-13/h8-10H,4-7H2,1-3H3/p+1. The second kappa shape index (κ2) is 6.13. The first kappa shape index (κ1) is 11.6. The zero-order valence-corrected chi connectivity index (χ0v) is 10.4.